The lowest BCUT2D eigenvalue weighted by atomic mass is 9.75. The highest BCUT2D eigenvalue weighted by Crippen LogP contribution is 2.47. The number of hydrogen-bond acceptors (Lipinski definition) is 4. The molecule has 2 aliphatic rings. The second kappa shape index (κ2) is 4.99. The first kappa shape index (κ1) is 15.4. The number of benzene rings is 1. The van der Waals surface area contributed by atoms with Crippen LogP contribution in [0.1, 0.15) is 24.0 Å². The largest absolute Gasteiger partial charge is 0.534 e. The van der Waals surface area contributed by atoms with Gasteiger partial charge in [-0.3, -0.25) is 0 Å². The van der Waals surface area contributed by atoms with Crippen molar-refractivity contribution in [3.63, 3.8) is 0 Å². The van der Waals surface area contributed by atoms with Gasteiger partial charge in [-0.2, -0.15) is 21.6 Å². The Hall–Kier alpha value is -1.54. The average molecular weight is 333 g/mol. The van der Waals surface area contributed by atoms with Gasteiger partial charge in [0, 0.05) is 11.0 Å². The summed E-state index contributed by atoms with van der Waals surface area (Å²) < 4.78 is 64.6. The van der Waals surface area contributed by atoms with Crippen LogP contribution in [0.4, 0.5) is 13.2 Å². The third kappa shape index (κ3) is 2.40. The molecule has 1 aromatic carbocycles. The predicted octanol–water partition coefficient (Wildman–Crippen LogP) is 2.53. The van der Waals surface area contributed by atoms with E-state index < -0.39 is 21.0 Å². The number of piperidine rings is 1. The Labute approximate surface area is 126 Å². The van der Waals surface area contributed by atoms with E-state index in [-0.39, 0.29) is 5.76 Å². The van der Waals surface area contributed by atoms with E-state index in [1.165, 1.54) is 6.08 Å². The van der Waals surface area contributed by atoms with Gasteiger partial charge in [0.25, 0.3) is 0 Å². The van der Waals surface area contributed by atoms with Crippen molar-refractivity contribution in [3.05, 3.63) is 41.5 Å². The summed E-state index contributed by atoms with van der Waals surface area (Å²) in [5, 5.41) is 3.19. The molecule has 1 saturated heterocycles. The van der Waals surface area contributed by atoms with E-state index in [9.17, 15) is 21.6 Å². The number of halogens is 3. The molecular formula is C14H14F3NO3S. The maximum absolute atomic E-state index is 12.5. The van der Waals surface area contributed by atoms with Crippen molar-refractivity contribution in [2.75, 3.05) is 13.1 Å². The minimum atomic E-state index is -5.66. The number of fused-ring (bicyclic) bond motifs is 2. The van der Waals surface area contributed by atoms with E-state index in [4.69, 9.17) is 0 Å². The molecular weight excluding hydrogens is 319 g/mol. The van der Waals surface area contributed by atoms with Crippen LogP contribution in [-0.2, 0) is 19.7 Å². The maximum Gasteiger partial charge on any atom is 0.534 e. The lowest BCUT2D eigenvalue weighted by molar-refractivity contribution is -0.0509. The molecule has 1 aliphatic heterocycles. The molecule has 120 valence electrons. The van der Waals surface area contributed by atoms with Crippen molar-refractivity contribution in [1.29, 1.82) is 0 Å². The lowest BCUT2D eigenvalue weighted by Crippen LogP contribution is -2.37. The number of rotatable bonds is 2. The molecule has 1 aliphatic carbocycles. The van der Waals surface area contributed by atoms with Crippen LogP contribution in [0.3, 0.4) is 0 Å². The summed E-state index contributed by atoms with van der Waals surface area (Å²) in [6.45, 7) is 1.42. The van der Waals surface area contributed by atoms with Crippen molar-refractivity contribution in [1.82, 2.24) is 5.32 Å². The van der Waals surface area contributed by atoms with Crippen LogP contribution in [0.15, 0.2) is 30.3 Å². The van der Waals surface area contributed by atoms with Crippen LogP contribution in [0, 0.1) is 0 Å². The van der Waals surface area contributed by atoms with Crippen LogP contribution < -0.4 is 5.32 Å². The van der Waals surface area contributed by atoms with Gasteiger partial charge in [0.15, 0.2) is 0 Å². The molecule has 1 aromatic rings. The summed E-state index contributed by atoms with van der Waals surface area (Å²) in [4.78, 5) is 0. The van der Waals surface area contributed by atoms with E-state index >= 15 is 0 Å². The normalized spacial score (nSPS) is 20.6. The van der Waals surface area contributed by atoms with E-state index in [1.807, 2.05) is 6.07 Å². The molecule has 1 heterocycles. The fourth-order valence-electron chi connectivity index (χ4n) is 3.06. The summed E-state index contributed by atoms with van der Waals surface area (Å²) in [5.74, 6) is -0.227. The van der Waals surface area contributed by atoms with Gasteiger partial charge in [-0.25, -0.2) is 0 Å². The van der Waals surface area contributed by atoms with Crippen LogP contribution in [0.25, 0.3) is 5.76 Å². The fourth-order valence-corrected chi connectivity index (χ4v) is 3.53. The first-order valence-electron chi connectivity index (χ1n) is 6.79. The van der Waals surface area contributed by atoms with Crippen molar-refractivity contribution >= 4 is 15.9 Å². The van der Waals surface area contributed by atoms with Gasteiger partial charge >= 0.3 is 15.6 Å². The number of allylic oxidation sites excluding steroid dienone is 1. The summed E-state index contributed by atoms with van der Waals surface area (Å²) in [6, 6.07) is 6.84. The average Bonchev–Trinajstić information content (AvgIpc) is 2.73. The highest BCUT2D eigenvalue weighted by atomic mass is 32.2. The van der Waals surface area contributed by atoms with Gasteiger partial charge < -0.3 is 9.50 Å². The molecule has 1 spiro atoms. The highest BCUT2D eigenvalue weighted by molar-refractivity contribution is 7.87. The van der Waals surface area contributed by atoms with Crippen molar-refractivity contribution < 1.29 is 25.8 Å². The zero-order valence-corrected chi connectivity index (χ0v) is 12.3. The Balaban J connectivity index is 2.03. The molecule has 0 radical (unpaired) electrons. The minimum Gasteiger partial charge on any atom is -0.376 e. The van der Waals surface area contributed by atoms with E-state index in [1.54, 1.807) is 18.2 Å². The molecule has 0 amide bonds. The van der Waals surface area contributed by atoms with E-state index in [0.29, 0.717) is 31.5 Å². The maximum atomic E-state index is 12.5. The molecule has 0 atom stereocenters. The van der Waals surface area contributed by atoms with Crippen LogP contribution >= 0.6 is 0 Å². The van der Waals surface area contributed by atoms with Gasteiger partial charge in [-0.1, -0.05) is 24.3 Å². The van der Waals surface area contributed by atoms with Gasteiger partial charge in [0.1, 0.15) is 5.76 Å². The van der Waals surface area contributed by atoms with Crippen LogP contribution in [-0.4, -0.2) is 27.0 Å². The number of alkyl halides is 3. The van der Waals surface area contributed by atoms with Crippen LogP contribution in [0.2, 0.25) is 0 Å². The molecule has 0 bridgehead atoms. The third-order valence-corrected chi connectivity index (χ3v) is 5.08. The second-order valence-corrected chi connectivity index (χ2v) is 6.98. The monoisotopic (exact) mass is 333 g/mol. The minimum absolute atomic E-state index is 0.227. The van der Waals surface area contributed by atoms with E-state index in [2.05, 4.69) is 9.50 Å². The Morgan fingerprint density at radius 3 is 2.41 bits per heavy atom. The molecule has 8 heteroatoms. The quantitative estimate of drug-likeness (QED) is 0.667. The van der Waals surface area contributed by atoms with Crippen molar-refractivity contribution in [2.45, 2.75) is 23.8 Å². The van der Waals surface area contributed by atoms with Crippen LogP contribution in [0.5, 0.6) is 0 Å². The first-order valence-corrected chi connectivity index (χ1v) is 8.20. The Morgan fingerprint density at radius 2 is 1.77 bits per heavy atom. The second-order valence-electron chi connectivity index (χ2n) is 5.44. The standard InChI is InChI=1S/C14H14F3NO3S/c15-14(16,17)22(19,20)21-12-9-13(5-7-18-8-6-13)11-4-2-1-3-10(11)12/h1-4,9,18H,5-8H2. The Bertz CT molecular complexity index is 719. The summed E-state index contributed by atoms with van der Waals surface area (Å²) >= 11 is 0. The zero-order valence-electron chi connectivity index (χ0n) is 11.5. The molecule has 0 saturated carbocycles. The van der Waals surface area contributed by atoms with Gasteiger partial charge in [-0.05, 0) is 37.6 Å². The topological polar surface area (TPSA) is 55.4 Å². The molecule has 0 unspecified atom stereocenters. The smallest absolute Gasteiger partial charge is 0.376 e. The Morgan fingerprint density at radius 1 is 1.14 bits per heavy atom. The van der Waals surface area contributed by atoms with Gasteiger partial charge in [0.05, 0.1) is 0 Å². The van der Waals surface area contributed by atoms with Gasteiger partial charge in [0.2, 0.25) is 0 Å². The molecule has 4 nitrogen and oxygen atoms in total. The summed E-state index contributed by atoms with van der Waals surface area (Å²) in [6.07, 6.45) is 2.90. The van der Waals surface area contributed by atoms with Crippen molar-refractivity contribution in [3.8, 4) is 0 Å². The summed E-state index contributed by atoms with van der Waals surface area (Å²) in [5.41, 5.74) is -4.66. The molecule has 22 heavy (non-hydrogen) atoms. The fraction of sp³-hybridized carbons (Fsp3) is 0.429. The molecule has 0 aromatic heterocycles. The SMILES string of the molecule is O=S(=O)(OC1=CC2(CCNCC2)c2ccccc21)C(F)(F)F. The number of hydrogen-bond donors (Lipinski definition) is 1. The van der Waals surface area contributed by atoms with E-state index in [0.717, 1.165) is 5.56 Å². The third-order valence-electron chi connectivity index (χ3n) is 4.12. The van der Waals surface area contributed by atoms with Crippen molar-refractivity contribution in [2.24, 2.45) is 0 Å². The first-order chi connectivity index (χ1) is 10.3. The number of nitrogens with one attached hydrogen (secondary N) is 1. The molecule has 3 rings (SSSR count). The molecule has 1 fully saturated rings. The summed E-state index contributed by atoms with van der Waals surface area (Å²) in [7, 11) is -5.66. The predicted molar refractivity (Wildman–Crippen MR) is 74.3 cm³/mol. The Kier molecular flexibility index (Phi) is 3.48. The molecule has 1 N–H and O–H groups in total. The zero-order chi connectivity index (χ0) is 16.0. The highest BCUT2D eigenvalue weighted by Gasteiger charge is 2.50. The lowest BCUT2D eigenvalue weighted by Gasteiger charge is -2.33. The van der Waals surface area contributed by atoms with Gasteiger partial charge in [-0.15, -0.1) is 0 Å².